The topological polar surface area (TPSA) is 12.0 Å². The van der Waals surface area contributed by atoms with Crippen LogP contribution in [0.2, 0.25) is 0 Å². The van der Waals surface area contributed by atoms with Crippen LogP contribution in [-0.2, 0) is 0 Å². The molecule has 4 atom stereocenters. The normalized spacial score (nSPS) is 36.0. The van der Waals surface area contributed by atoms with Gasteiger partial charge in [-0.2, -0.15) is 0 Å². The molecule has 118 valence electrons. The predicted molar refractivity (Wildman–Crippen MR) is 88.9 cm³/mol. The van der Waals surface area contributed by atoms with E-state index in [4.69, 9.17) is 0 Å². The molecule has 2 fully saturated rings. The molecule has 0 aromatic heterocycles. The molecule has 2 aliphatic carbocycles. The Labute approximate surface area is 127 Å². The van der Waals surface area contributed by atoms with E-state index in [2.05, 4.69) is 33.0 Å². The Kier molecular flexibility index (Phi) is 5.95. The van der Waals surface area contributed by atoms with Gasteiger partial charge in [-0.25, -0.2) is 0 Å². The highest BCUT2D eigenvalue weighted by Crippen LogP contribution is 2.45. The number of hydrogen-bond acceptors (Lipinski definition) is 1. The third kappa shape index (κ3) is 4.48. The van der Waals surface area contributed by atoms with E-state index in [1.54, 1.807) is 0 Å². The number of hydrogen-bond donors (Lipinski definition) is 1. The largest absolute Gasteiger partial charge is 0.312 e. The molecule has 0 aliphatic heterocycles. The lowest BCUT2D eigenvalue weighted by atomic mass is 9.63. The Morgan fingerprint density at radius 2 is 1.30 bits per heavy atom. The van der Waals surface area contributed by atoms with Gasteiger partial charge in [0.2, 0.25) is 0 Å². The summed E-state index contributed by atoms with van der Waals surface area (Å²) in [4.78, 5) is 0. The van der Waals surface area contributed by atoms with Crippen molar-refractivity contribution >= 4 is 0 Å². The van der Waals surface area contributed by atoms with Gasteiger partial charge in [-0.05, 0) is 70.3 Å². The van der Waals surface area contributed by atoms with E-state index in [1.165, 1.54) is 64.3 Å². The summed E-state index contributed by atoms with van der Waals surface area (Å²) in [6.07, 6.45) is 13.4. The highest BCUT2D eigenvalue weighted by atomic mass is 14.9. The maximum absolute atomic E-state index is 3.79. The first-order valence-electron chi connectivity index (χ1n) is 9.26. The molecule has 1 heteroatoms. The Morgan fingerprint density at radius 3 is 1.85 bits per heavy atom. The molecule has 20 heavy (non-hydrogen) atoms. The Bertz CT molecular complexity index is 278. The lowest BCUT2D eigenvalue weighted by Crippen LogP contribution is -2.44. The van der Waals surface area contributed by atoms with Crippen molar-refractivity contribution < 1.29 is 0 Å². The smallest absolute Gasteiger partial charge is 0.00966 e. The van der Waals surface area contributed by atoms with Gasteiger partial charge >= 0.3 is 0 Å². The predicted octanol–water partition coefficient (Wildman–Crippen LogP) is 5.40. The first kappa shape index (κ1) is 16.3. The molecule has 4 unspecified atom stereocenters. The molecule has 0 aromatic carbocycles. The minimum atomic E-state index is 0.277. The van der Waals surface area contributed by atoms with Crippen LogP contribution in [0.3, 0.4) is 0 Å². The summed E-state index contributed by atoms with van der Waals surface area (Å²) in [6, 6.07) is 0. The third-order valence-electron chi connectivity index (χ3n) is 5.90. The van der Waals surface area contributed by atoms with E-state index in [1.807, 2.05) is 0 Å². The molecule has 0 spiro atoms. The van der Waals surface area contributed by atoms with E-state index >= 15 is 0 Å². The summed E-state index contributed by atoms with van der Waals surface area (Å²) in [5.41, 5.74) is 0.277. The minimum absolute atomic E-state index is 0.277. The van der Waals surface area contributed by atoms with Crippen LogP contribution in [0.1, 0.15) is 85.5 Å². The van der Waals surface area contributed by atoms with Crippen LogP contribution in [0.5, 0.6) is 0 Å². The molecule has 1 nitrogen and oxygen atoms in total. The Balaban J connectivity index is 1.98. The fourth-order valence-electron chi connectivity index (χ4n) is 4.80. The summed E-state index contributed by atoms with van der Waals surface area (Å²) in [7, 11) is 0. The summed E-state index contributed by atoms with van der Waals surface area (Å²) >= 11 is 0. The van der Waals surface area contributed by atoms with E-state index in [9.17, 15) is 0 Å². The average Bonchev–Trinajstić information content (AvgIpc) is 2.44. The van der Waals surface area contributed by atoms with Crippen molar-refractivity contribution in [3.8, 4) is 0 Å². The zero-order valence-corrected chi connectivity index (χ0v) is 14.4. The van der Waals surface area contributed by atoms with Gasteiger partial charge in [0.25, 0.3) is 0 Å². The van der Waals surface area contributed by atoms with Crippen LogP contribution in [0, 0.1) is 23.7 Å². The zero-order chi connectivity index (χ0) is 14.6. The third-order valence-corrected chi connectivity index (χ3v) is 5.90. The molecule has 2 rings (SSSR count). The first-order valence-corrected chi connectivity index (χ1v) is 9.26. The van der Waals surface area contributed by atoms with Crippen molar-refractivity contribution in [2.45, 2.75) is 91.0 Å². The quantitative estimate of drug-likeness (QED) is 0.727. The van der Waals surface area contributed by atoms with Crippen molar-refractivity contribution in [1.29, 1.82) is 0 Å². The number of nitrogens with one attached hydrogen (secondary N) is 1. The van der Waals surface area contributed by atoms with Crippen LogP contribution < -0.4 is 5.32 Å². The van der Waals surface area contributed by atoms with Crippen molar-refractivity contribution in [2.75, 3.05) is 6.54 Å². The molecule has 0 aromatic rings. The van der Waals surface area contributed by atoms with Crippen LogP contribution in [0.25, 0.3) is 0 Å². The van der Waals surface area contributed by atoms with E-state index < -0.39 is 0 Å². The van der Waals surface area contributed by atoms with Gasteiger partial charge in [-0.15, -0.1) is 0 Å². The van der Waals surface area contributed by atoms with Crippen LogP contribution in [0.4, 0.5) is 0 Å². The van der Waals surface area contributed by atoms with Gasteiger partial charge in [-0.3, -0.25) is 0 Å². The molecule has 0 bridgehead atoms. The average molecular weight is 280 g/mol. The van der Waals surface area contributed by atoms with Crippen molar-refractivity contribution in [2.24, 2.45) is 23.7 Å². The molecule has 2 aliphatic rings. The molecule has 0 saturated heterocycles. The summed E-state index contributed by atoms with van der Waals surface area (Å²) in [5.74, 6) is 4.04. The van der Waals surface area contributed by atoms with Crippen molar-refractivity contribution in [3.05, 3.63) is 0 Å². The van der Waals surface area contributed by atoms with Gasteiger partial charge < -0.3 is 5.32 Å². The van der Waals surface area contributed by atoms with Gasteiger partial charge in [0, 0.05) is 5.54 Å². The summed E-state index contributed by atoms with van der Waals surface area (Å²) in [6.45, 7) is 10.6. The second-order valence-electron chi connectivity index (χ2n) is 8.46. The molecular weight excluding hydrogens is 242 g/mol. The molecule has 2 saturated carbocycles. The zero-order valence-electron chi connectivity index (χ0n) is 14.4. The first-order chi connectivity index (χ1) is 9.51. The molecular formula is C19H37N. The highest BCUT2D eigenvalue weighted by Gasteiger charge is 2.36. The van der Waals surface area contributed by atoms with E-state index in [0.717, 1.165) is 23.7 Å². The van der Waals surface area contributed by atoms with Crippen molar-refractivity contribution in [1.82, 2.24) is 5.32 Å². The molecule has 0 radical (unpaired) electrons. The minimum Gasteiger partial charge on any atom is -0.312 e. The fraction of sp³-hybridized carbons (Fsp3) is 1.00. The maximum Gasteiger partial charge on any atom is 0.00966 e. The van der Waals surface area contributed by atoms with Crippen LogP contribution >= 0.6 is 0 Å². The lowest BCUT2D eigenvalue weighted by Gasteiger charge is -2.44. The summed E-state index contributed by atoms with van der Waals surface area (Å²) < 4.78 is 0. The van der Waals surface area contributed by atoms with Gasteiger partial charge in [0.05, 0.1) is 0 Å². The van der Waals surface area contributed by atoms with Crippen LogP contribution in [-0.4, -0.2) is 12.1 Å². The monoisotopic (exact) mass is 279 g/mol. The van der Waals surface area contributed by atoms with Gasteiger partial charge in [0.1, 0.15) is 0 Å². The van der Waals surface area contributed by atoms with Gasteiger partial charge in [-0.1, -0.05) is 45.4 Å². The summed E-state index contributed by atoms with van der Waals surface area (Å²) in [5, 5.41) is 3.79. The van der Waals surface area contributed by atoms with Crippen LogP contribution in [0.15, 0.2) is 0 Å². The number of rotatable bonds is 4. The highest BCUT2D eigenvalue weighted by molar-refractivity contribution is 4.88. The van der Waals surface area contributed by atoms with Crippen molar-refractivity contribution in [3.63, 3.8) is 0 Å². The lowest BCUT2D eigenvalue weighted by molar-refractivity contribution is 0.0757. The standard InChI is InChI=1S/C19H37N/c1-5-15-10-6-8-12-17(15)18-13-9-7-11-16(18)14-20-19(2,3)4/h15-18,20H,5-14H2,1-4H3. The SMILES string of the molecule is CCC1CCCCC1C1CCCCC1CNC(C)(C)C. The van der Waals surface area contributed by atoms with E-state index in [0.29, 0.717) is 0 Å². The second kappa shape index (κ2) is 7.29. The second-order valence-corrected chi connectivity index (χ2v) is 8.46. The maximum atomic E-state index is 3.79. The van der Waals surface area contributed by atoms with Gasteiger partial charge in [0.15, 0.2) is 0 Å². The molecule has 0 heterocycles. The van der Waals surface area contributed by atoms with E-state index in [-0.39, 0.29) is 5.54 Å². The Morgan fingerprint density at radius 1 is 0.800 bits per heavy atom. The Hall–Kier alpha value is -0.0400. The molecule has 0 amide bonds. The molecule has 1 N–H and O–H groups in total. The fourth-order valence-corrected chi connectivity index (χ4v) is 4.80.